The average molecular weight is 236 g/mol. The van der Waals surface area contributed by atoms with Gasteiger partial charge in [0.15, 0.2) is 0 Å². The molecule has 0 radical (unpaired) electrons. The summed E-state index contributed by atoms with van der Waals surface area (Å²) in [6.45, 7) is 0. The van der Waals surface area contributed by atoms with Crippen LogP contribution < -0.4 is 5.73 Å². The minimum atomic E-state index is -0.222. The van der Waals surface area contributed by atoms with E-state index in [1.54, 1.807) is 0 Å². The van der Waals surface area contributed by atoms with E-state index in [0.717, 1.165) is 34.7 Å². The maximum atomic E-state index is 6.31. The molecule has 3 rings (SSSR count). The molecule has 2 N–H and O–H groups in total. The number of aryl methyl sites for hydroxylation is 1. The number of nitrogens with two attached hydrogens (primary N) is 1. The Hall–Kier alpha value is -1.06. The second-order valence-corrected chi connectivity index (χ2v) is 5.07. The molecule has 1 aromatic heterocycles. The summed E-state index contributed by atoms with van der Waals surface area (Å²) in [5.74, 6) is 0.982. The molecule has 1 aliphatic rings. The fourth-order valence-corrected chi connectivity index (χ4v) is 2.57. The molecule has 0 aliphatic heterocycles. The molecule has 1 aliphatic carbocycles. The molecule has 1 fully saturated rings. The third kappa shape index (κ3) is 1.28. The molecule has 0 bridgehead atoms. The number of benzene rings is 1. The number of nitrogens with zero attached hydrogens (tertiary/aromatic N) is 2. The molecular formula is C12H14ClN3. The van der Waals surface area contributed by atoms with Crippen LogP contribution in [-0.2, 0) is 12.6 Å². The van der Waals surface area contributed by atoms with Crippen LogP contribution in [0.25, 0.3) is 11.0 Å². The lowest BCUT2D eigenvalue weighted by Crippen LogP contribution is -2.45. The van der Waals surface area contributed by atoms with E-state index in [9.17, 15) is 0 Å². The number of rotatable bonds is 1. The van der Waals surface area contributed by atoms with Crippen LogP contribution in [0.2, 0.25) is 5.02 Å². The Labute approximate surface area is 99.2 Å². The van der Waals surface area contributed by atoms with E-state index < -0.39 is 0 Å². The fraction of sp³-hybridized carbons (Fsp3) is 0.417. The lowest BCUT2D eigenvalue weighted by molar-refractivity contribution is 0.234. The van der Waals surface area contributed by atoms with Crippen molar-refractivity contribution in [2.24, 2.45) is 12.8 Å². The van der Waals surface area contributed by atoms with Gasteiger partial charge in [-0.25, -0.2) is 4.98 Å². The molecule has 0 unspecified atom stereocenters. The van der Waals surface area contributed by atoms with E-state index in [1.807, 2.05) is 25.2 Å². The first-order chi connectivity index (χ1) is 7.60. The number of hydrogen-bond donors (Lipinski definition) is 1. The summed E-state index contributed by atoms with van der Waals surface area (Å²) in [7, 11) is 2.02. The topological polar surface area (TPSA) is 43.8 Å². The normalized spacial score (nSPS) is 18.7. The van der Waals surface area contributed by atoms with E-state index in [-0.39, 0.29) is 5.54 Å². The average Bonchev–Trinajstić information content (AvgIpc) is 2.52. The van der Waals surface area contributed by atoms with Gasteiger partial charge in [-0.1, -0.05) is 11.6 Å². The molecule has 0 saturated heterocycles. The minimum Gasteiger partial charge on any atom is -0.330 e. The molecule has 2 aromatic rings. The fourth-order valence-electron chi connectivity index (χ4n) is 2.40. The number of imidazole rings is 1. The van der Waals surface area contributed by atoms with Gasteiger partial charge in [-0.2, -0.15) is 0 Å². The highest BCUT2D eigenvalue weighted by atomic mass is 35.5. The van der Waals surface area contributed by atoms with Gasteiger partial charge in [0, 0.05) is 12.1 Å². The zero-order valence-corrected chi connectivity index (χ0v) is 9.96. The third-order valence-corrected chi connectivity index (χ3v) is 3.77. The van der Waals surface area contributed by atoms with Crippen molar-refractivity contribution in [3.63, 3.8) is 0 Å². The van der Waals surface area contributed by atoms with Crippen LogP contribution in [-0.4, -0.2) is 9.55 Å². The first kappa shape index (κ1) is 10.1. The Kier molecular flexibility index (Phi) is 2.03. The number of hydrogen-bond acceptors (Lipinski definition) is 2. The molecular weight excluding hydrogens is 222 g/mol. The van der Waals surface area contributed by atoms with Gasteiger partial charge >= 0.3 is 0 Å². The minimum absolute atomic E-state index is 0.222. The maximum absolute atomic E-state index is 6.31. The van der Waals surface area contributed by atoms with Crippen molar-refractivity contribution in [2.75, 3.05) is 0 Å². The monoisotopic (exact) mass is 235 g/mol. The van der Waals surface area contributed by atoms with Crippen LogP contribution in [0.5, 0.6) is 0 Å². The molecule has 84 valence electrons. The summed E-state index contributed by atoms with van der Waals surface area (Å²) in [6, 6.07) is 5.78. The standard InChI is InChI=1S/C12H14ClN3/c1-16-10-4-3-8(13)7-9(10)15-11(16)12(14)5-2-6-12/h3-4,7H,2,5-6,14H2,1H3. The molecule has 4 heteroatoms. The summed E-state index contributed by atoms with van der Waals surface area (Å²) >= 11 is 5.96. The smallest absolute Gasteiger partial charge is 0.129 e. The van der Waals surface area contributed by atoms with Crippen molar-refractivity contribution in [3.05, 3.63) is 29.0 Å². The zero-order valence-electron chi connectivity index (χ0n) is 9.20. The number of fused-ring (bicyclic) bond motifs is 1. The predicted octanol–water partition coefficient (Wildman–Crippen LogP) is 2.56. The molecule has 1 saturated carbocycles. The third-order valence-electron chi connectivity index (χ3n) is 3.53. The van der Waals surface area contributed by atoms with Gasteiger partial charge < -0.3 is 10.3 Å². The van der Waals surface area contributed by atoms with E-state index >= 15 is 0 Å². The first-order valence-corrected chi connectivity index (χ1v) is 5.89. The summed E-state index contributed by atoms with van der Waals surface area (Å²) in [4.78, 5) is 4.62. The van der Waals surface area contributed by atoms with Gasteiger partial charge in [-0.15, -0.1) is 0 Å². The second kappa shape index (κ2) is 3.22. The summed E-state index contributed by atoms with van der Waals surface area (Å²) in [6.07, 6.45) is 3.25. The summed E-state index contributed by atoms with van der Waals surface area (Å²) in [5.41, 5.74) is 8.11. The van der Waals surface area contributed by atoms with Crippen LogP contribution in [0.1, 0.15) is 25.1 Å². The van der Waals surface area contributed by atoms with Gasteiger partial charge in [-0.05, 0) is 37.5 Å². The lowest BCUT2D eigenvalue weighted by atomic mass is 9.77. The predicted molar refractivity (Wildman–Crippen MR) is 65.4 cm³/mol. The highest BCUT2D eigenvalue weighted by Crippen LogP contribution is 2.39. The quantitative estimate of drug-likeness (QED) is 0.826. The van der Waals surface area contributed by atoms with Gasteiger partial charge in [0.1, 0.15) is 5.82 Å². The number of aromatic nitrogens is 2. The van der Waals surface area contributed by atoms with Crippen molar-refractivity contribution < 1.29 is 0 Å². The highest BCUT2D eigenvalue weighted by Gasteiger charge is 2.38. The SMILES string of the molecule is Cn1c(C2(N)CCC2)nc2cc(Cl)ccc21. The zero-order chi connectivity index (χ0) is 11.3. The largest absolute Gasteiger partial charge is 0.330 e. The van der Waals surface area contributed by atoms with Crippen LogP contribution in [0.4, 0.5) is 0 Å². The van der Waals surface area contributed by atoms with Crippen LogP contribution >= 0.6 is 11.6 Å². The first-order valence-electron chi connectivity index (χ1n) is 5.51. The number of halogens is 1. The molecule has 0 atom stereocenters. The van der Waals surface area contributed by atoms with Gasteiger partial charge in [-0.3, -0.25) is 0 Å². The van der Waals surface area contributed by atoms with Crippen molar-refractivity contribution in [3.8, 4) is 0 Å². The molecule has 1 aromatic carbocycles. The lowest BCUT2D eigenvalue weighted by Gasteiger charge is -2.37. The van der Waals surface area contributed by atoms with Crippen molar-refractivity contribution in [2.45, 2.75) is 24.8 Å². The Bertz CT molecular complexity index is 555. The van der Waals surface area contributed by atoms with Crippen LogP contribution in [0.15, 0.2) is 18.2 Å². The molecule has 1 heterocycles. The molecule has 3 nitrogen and oxygen atoms in total. The highest BCUT2D eigenvalue weighted by molar-refractivity contribution is 6.31. The van der Waals surface area contributed by atoms with E-state index in [1.165, 1.54) is 6.42 Å². The Morgan fingerprint density at radius 1 is 1.44 bits per heavy atom. The Morgan fingerprint density at radius 3 is 2.81 bits per heavy atom. The summed E-state index contributed by atoms with van der Waals surface area (Å²) < 4.78 is 2.09. The molecule has 16 heavy (non-hydrogen) atoms. The molecule has 0 spiro atoms. The van der Waals surface area contributed by atoms with E-state index in [2.05, 4.69) is 9.55 Å². The summed E-state index contributed by atoms with van der Waals surface area (Å²) in [5, 5.41) is 0.719. The Morgan fingerprint density at radius 2 is 2.19 bits per heavy atom. The van der Waals surface area contributed by atoms with Crippen LogP contribution in [0.3, 0.4) is 0 Å². The van der Waals surface area contributed by atoms with E-state index in [0.29, 0.717) is 0 Å². The van der Waals surface area contributed by atoms with E-state index in [4.69, 9.17) is 17.3 Å². The van der Waals surface area contributed by atoms with Gasteiger partial charge in [0.2, 0.25) is 0 Å². The van der Waals surface area contributed by atoms with Crippen molar-refractivity contribution >= 4 is 22.6 Å². The molecule has 0 amide bonds. The van der Waals surface area contributed by atoms with Crippen molar-refractivity contribution in [1.29, 1.82) is 0 Å². The maximum Gasteiger partial charge on any atom is 0.129 e. The van der Waals surface area contributed by atoms with Gasteiger partial charge in [0.05, 0.1) is 16.6 Å². The van der Waals surface area contributed by atoms with Crippen molar-refractivity contribution in [1.82, 2.24) is 9.55 Å². The van der Waals surface area contributed by atoms with Gasteiger partial charge in [0.25, 0.3) is 0 Å². The second-order valence-electron chi connectivity index (χ2n) is 4.64. The van der Waals surface area contributed by atoms with Crippen LogP contribution in [0, 0.1) is 0 Å². The Balaban J connectivity index is 2.23.